The highest BCUT2D eigenvalue weighted by atomic mass is 19.3. The molecule has 4 aromatic rings. The van der Waals surface area contributed by atoms with Crippen LogP contribution in [0.25, 0.3) is 16.9 Å². The lowest BCUT2D eigenvalue weighted by Crippen LogP contribution is -2.39. The van der Waals surface area contributed by atoms with E-state index in [9.17, 15) is 18.0 Å². The third-order valence-electron chi connectivity index (χ3n) is 8.12. The third-order valence-corrected chi connectivity index (χ3v) is 8.12. The fraction of sp³-hybridized carbons (Fsp3) is 0.393. The Labute approximate surface area is 227 Å². The van der Waals surface area contributed by atoms with E-state index in [1.807, 2.05) is 24.3 Å². The van der Waals surface area contributed by atoms with E-state index in [-0.39, 0.29) is 29.6 Å². The standard InChI is InChI=1S/C28H25F3N6O3/c1-27(30,31)13-36-21-8-14(4-5-19(21)28(6-7-28)25(36)38)15-9-16(15)17-10-20(35-37-22(29)12-32-23(17)37)18-11-33-26(40-3)34-24(18)39-2/h4-5,8,10-12,15-16H,6-7,9,13H2,1-3H3/t15-,16?/m1/s1. The van der Waals surface area contributed by atoms with Crippen molar-refractivity contribution in [3.8, 4) is 23.1 Å². The summed E-state index contributed by atoms with van der Waals surface area (Å²) in [4.78, 5) is 27.0. The first-order chi connectivity index (χ1) is 19.1. The quantitative estimate of drug-likeness (QED) is 0.331. The van der Waals surface area contributed by atoms with Crippen molar-refractivity contribution in [2.75, 3.05) is 25.7 Å². The normalized spacial score (nSPS) is 20.8. The number of hydrogen-bond donors (Lipinski definition) is 0. The minimum absolute atomic E-state index is 0.0256. The van der Waals surface area contributed by atoms with Crippen molar-refractivity contribution in [3.63, 3.8) is 0 Å². The number of carbonyl (C=O) groups excluding carboxylic acids is 1. The second-order valence-corrected chi connectivity index (χ2v) is 10.8. The number of alkyl halides is 2. The van der Waals surface area contributed by atoms with Crippen LogP contribution >= 0.6 is 0 Å². The minimum Gasteiger partial charge on any atom is -0.480 e. The Morgan fingerprint density at radius 1 is 1.10 bits per heavy atom. The van der Waals surface area contributed by atoms with E-state index >= 15 is 0 Å². The van der Waals surface area contributed by atoms with Crippen molar-refractivity contribution < 1.29 is 27.4 Å². The number of rotatable bonds is 7. The molecule has 12 heteroatoms. The lowest BCUT2D eigenvalue weighted by atomic mass is 9.95. The van der Waals surface area contributed by atoms with Crippen molar-refractivity contribution in [1.82, 2.24) is 24.6 Å². The highest BCUT2D eigenvalue weighted by molar-refractivity contribution is 6.10. The zero-order chi connectivity index (χ0) is 28.0. The molecular weight excluding hydrogens is 525 g/mol. The second-order valence-electron chi connectivity index (χ2n) is 10.8. The first-order valence-electron chi connectivity index (χ1n) is 13.0. The maximum Gasteiger partial charge on any atom is 0.319 e. The molecule has 1 amide bonds. The number of nitrogens with zero attached hydrogens (tertiary/aromatic N) is 6. The predicted octanol–water partition coefficient (Wildman–Crippen LogP) is 4.65. The molecule has 3 aliphatic rings. The Hall–Kier alpha value is -4.22. The third kappa shape index (κ3) is 3.72. The molecule has 0 N–H and O–H groups in total. The molecule has 2 atom stereocenters. The van der Waals surface area contributed by atoms with E-state index in [1.165, 1.54) is 25.3 Å². The van der Waals surface area contributed by atoms with Crippen LogP contribution < -0.4 is 14.4 Å². The Bertz CT molecular complexity index is 1700. The topological polar surface area (TPSA) is 94.7 Å². The van der Waals surface area contributed by atoms with Gasteiger partial charge in [-0.1, -0.05) is 12.1 Å². The van der Waals surface area contributed by atoms with Gasteiger partial charge in [-0.3, -0.25) is 4.79 Å². The molecule has 2 fully saturated rings. The van der Waals surface area contributed by atoms with E-state index < -0.39 is 23.8 Å². The van der Waals surface area contributed by atoms with Crippen LogP contribution in [0.15, 0.2) is 36.7 Å². The zero-order valence-electron chi connectivity index (χ0n) is 22.0. The van der Waals surface area contributed by atoms with Crippen LogP contribution in [0.3, 0.4) is 0 Å². The van der Waals surface area contributed by atoms with Gasteiger partial charge in [-0.05, 0) is 54.4 Å². The number of methoxy groups -OCH3 is 2. The predicted molar refractivity (Wildman–Crippen MR) is 138 cm³/mol. The number of fused-ring (bicyclic) bond motifs is 3. The van der Waals surface area contributed by atoms with Gasteiger partial charge >= 0.3 is 6.01 Å². The molecule has 1 spiro atoms. The van der Waals surface area contributed by atoms with Crippen LogP contribution in [-0.2, 0) is 10.2 Å². The number of carbonyl (C=O) groups is 1. The number of anilines is 1. The highest BCUT2D eigenvalue weighted by Crippen LogP contribution is 2.60. The van der Waals surface area contributed by atoms with E-state index in [2.05, 4.69) is 20.1 Å². The SMILES string of the molecule is COc1ncc(-c2cc(C3C[C@@H]3c3ccc4c(c3)N(CC(C)(F)F)C(=O)C43CC3)c3ncc(F)n3n2)c(OC)n1. The molecule has 1 unspecified atom stereocenters. The maximum atomic E-state index is 14.7. The van der Waals surface area contributed by atoms with E-state index in [4.69, 9.17) is 9.47 Å². The van der Waals surface area contributed by atoms with Gasteiger partial charge < -0.3 is 14.4 Å². The molecule has 0 saturated heterocycles. The number of ether oxygens (including phenoxy) is 2. The average molecular weight is 551 g/mol. The van der Waals surface area contributed by atoms with Crippen molar-refractivity contribution in [2.45, 2.75) is 49.4 Å². The van der Waals surface area contributed by atoms with Gasteiger partial charge in [0.15, 0.2) is 5.65 Å². The van der Waals surface area contributed by atoms with Gasteiger partial charge in [0.05, 0.1) is 43.6 Å². The van der Waals surface area contributed by atoms with Crippen LogP contribution in [0.2, 0.25) is 0 Å². The van der Waals surface area contributed by atoms with Crippen molar-refractivity contribution in [3.05, 3.63) is 59.3 Å². The summed E-state index contributed by atoms with van der Waals surface area (Å²) in [5.74, 6) is -3.64. The van der Waals surface area contributed by atoms with Gasteiger partial charge in [0.25, 0.3) is 5.92 Å². The number of hydrogen-bond acceptors (Lipinski definition) is 7. The smallest absolute Gasteiger partial charge is 0.319 e. The molecule has 0 bridgehead atoms. The number of imidazole rings is 1. The van der Waals surface area contributed by atoms with Crippen LogP contribution in [0.4, 0.5) is 18.9 Å². The Morgan fingerprint density at radius 3 is 2.60 bits per heavy atom. The van der Waals surface area contributed by atoms with E-state index in [0.29, 0.717) is 35.4 Å². The average Bonchev–Trinajstić information content (AvgIpc) is 3.86. The molecule has 1 aliphatic heterocycles. The molecule has 3 aromatic heterocycles. The Kier molecular flexibility index (Phi) is 5.20. The fourth-order valence-corrected chi connectivity index (χ4v) is 5.99. The summed E-state index contributed by atoms with van der Waals surface area (Å²) in [5.41, 5.74) is 3.72. The van der Waals surface area contributed by atoms with Gasteiger partial charge in [0, 0.05) is 24.4 Å². The molecular formula is C28H25F3N6O3. The monoisotopic (exact) mass is 550 g/mol. The summed E-state index contributed by atoms with van der Waals surface area (Å²) in [6, 6.07) is 7.73. The van der Waals surface area contributed by atoms with Gasteiger partial charge in [-0.2, -0.15) is 19.0 Å². The summed E-state index contributed by atoms with van der Waals surface area (Å²) < 4.78 is 54.4. The Balaban J connectivity index is 1.27. The first-order valence-corrected chi connectivity index (χ1v) is 13.0. The molecule has 7 rings (SSSR count). The largest absolute Gasteiger partial charge is 0.480 e. The second kappa shape index (κ2) is 8.39. The van der Waals surface area contributed by atoms with E-state index in [1.54, 1.807) is 0 Å². The van der Waals surface area contributed by atoms with Crippen molar-refractivity contribution >= 4 is 17.2 Å². The van der Waals surface area contributed by atoms with Crippen molar-refractivity contribution in [1.29, 1.82) is 0 Å². The summed E-state index contributed by atoms with van der Waals surface area (Å²) >= 11 is 0. The molecule has 40 heavy (non-hydrogen) atoms. The van der Waals surface area contributed by atoms with Gasteiger partial charge in [-0.15, -0.1) is 0 Å². The molecule has 4 heterocycles. The van der Waals surface area contributed by atoms with E-state index in [0.717, 1.165) is 40.7 Å². The number of aromatic nitrogens is 5. The zero-order valence-corrected chi connectivity index (χ0v) is 22.0. The molecule has 2 aliphatic carbocycles. The van der Waals surface area contributed by atoms with Crippen LogP contribution in [0, 0.1) is 5.95 Å². The maximum absolute atomic E-state index is 14.7. The van der Waals surface area contributed by atoms with Crippen molar-refractivity contribution in [2.24, 2.45) is 0 Å². The number of halogens is 3. The highest BCUT2D eigenvalue weighted by Gasteiger charge is 2.60. The molecule has 2 saturated carbocycles. The minimum atomic E-state index is -3.01. The lowest BCUT2D eigenvalue weighted by molar-refractivity contribution is -0.121. The van der Waals surface area contributed by atoms with Crippen LogP contribution in [-0.4, -0.2) is 57.2 Å². The van der Waals surface area contributed by atoms with Crippen LogP contribution in [0.5, 0.6) is 11.9 Å². The fourth-order valence-electron chi connectivity index (χ4n) is 5.99. The first kappa shape index (κ1) is 24.8. The summed E-state index contributed by atoms with van der Waals surface area (Å²) in [6.45, 7) is 0.184. The lowest BCUT2D eigenvalue weighted by Gasteiger charge is -2.22. The van der Waals surface area contributed by atoms with Gasteiger partial charge in [0.2, 0.25) is 17.7 Å². The summed E-state index contributed by atoms with van der Waals surface area (Å²) in [7, 11) is 2.90. The Morgan fingerprint density at radius 2 is 1.90 bits per heavy atom. The number of benzene rings is 1. The van der Waals surface area contributed by atoms with Crippen LogP contribution in [0.1, 0.15) is 54.7 Å². The molecule has 1 aromatic carbocycles. The van der Waals surface area contributed by atoms with Gasteiger partial charge in [0.1, 0.15) is 0 Å². The molecule has 9 nitrogen and oxygen atoms in total. The summed E-state index contributed by atoms with van der Waals surface area (Å²) in [5, 5.41) is 4.42. The number of amides is 1. The molecule has 0 radical (unpaired) electrons. The summed E-state index contributed by atoms with van der Waals surface area (Å²) in [6.07, 6.45) is 4.72. The van der Waals surface area contributed by atoms with Gasteiger partial charge in [-0.25, -0.2) is 18.7 Å². The molecule has 206 valence electrons.